The van der Waals surface area contributed by atoms with Crippen molar-refractivity contribution >= 4 is 59.5 Å². The predicted molar refractivity (Wildman–Crippen MR) is 158 cm³/mol. The quantitative estimate of drug-likeness (QED) is 0.247. The maximum atomic E-state index is 5.18. The van der Waals surface area contributed by atoms with Crippen LogP contribution in [0.4, 0.5) is 5.69 Å². The average molecular weight is 532 g/mol. The molecule has 1 heterocycles. The van der Waals surface area contributed by atoms with E-state index in [-0.39, 0.29) is 37.2 Å². The molecule has 0 spiro atoms. The molecule has 0 unspecified atom stereocenters. The number of hydrogen-bond acceptors (Lipinski definition) is 3. The lowest BCUT2D eigenvalue weighted by Gasteiger charge is -2.23. The number of unbranched alkanes of at least 4 members (excludes halogenated alkanes) is 2. The monoisotopic (exact) mass is 530 g/mol. The Morgan fingerprint density at radius 3 is 2.00 bits per heavy atom. The van der Waals surface area contributed by atoms with Gasteiger partial charge in [0.05, 0.1) is 5.69 Å². The van der Waals surface area contributed by atoms with Crippen molar-refractivity contribution in [2.45, 2.75) is 52.4 Å². The number of anilines is 1. The lowest BCUT2D eigenvalue weighted by molar-refractivity contribution is 0.263. The van der Waals surface area contributed by atoms with E-state index in [4.69, 9.17) is 4.99 Å². The van der Waals surface area contributed by atoms with Gasteiger partial charge in [0, 0.05) is 24.0 Å². The van der Waals surface area contributed by atoms with Crippen molar-refractivity contribution < 1.29 is 0 Å². The molecule has 1 aliphatic rings. The van der Waals surface area contributed by atoms with Crippen molar-refractivity contribution in [3.8, 4) is 0 Å². The minimum Gasteiger partial charge on any atom is -0.326 e. The van der Waals surface area contributed by atoms with Gasteiger partial charge in [0.25, 0.3) is 0 Å². The molecule has 2 aromatic carbocycles. The number of halogens is 3. The van der Waals surface area contributed by atoms with Gasteiger partial charge in [-0.3, -0.25) is 4.99 Å². The number of amidine groups is 1. The van der Waals surface area contributed by atoms with E-state index in [1.807, 2.05) is 0 Å². The first kappa shape index (κ1) is 33.0. The standard InChI is InChI=1S/C27H42N4.3ClH/c1-5-7-19-30(20-8-6-2)21-11-17-28-27-24-15-9-13-23-14-10-16-25(26(23)24)31(27)22-12-18-29(3)4;;;/h9-10,13-16H,5-8,11-12,17-22H2,1-4H3;3*1H/b28-27-;;;. The molecule has 0 amide bonds. The third-order valence-electron chi connectivity index (χ3n) is 6.21. The van der Waals surface area contributed by atoms with Crippen LogP contribution < -0.4 is 4.90 Å². The van der Waals surface area contributed by atoms with E-state index in [2.05, 4.69) is 79.0 Å². The molecular weight excluding hydrogens is 487 g/mol. The van der Waals surface area contributed by atoms with Crippen LogP contribution in [-0.2, 0) is 0 Å². The van der Waals surface area contributed by atoms with Crippen molar-refractivity contribution in [3.05, 3.63) is 42.0 Å². The van der Waals surface area contributed by atoms with Crippen LogP contribution >= 0.6 is 37.2 Å². The van der Waals surface area contributed by atoms with Crippen LogP contribution in [0, 0.1) is 0 Å². The van der Waals surface area contributed by atoms with Gasteiger partial charge in [0.1, 0.15) is 5.84 Å². The van der Waals surface area contributed by atoms with E-state index in [9.17, 15) is 0 Å². The van der Waals surface area contributed by atoms with Crippen LogP contribution in [0.2, 0.25) is 0 Å². The molecule has 0 saturated carbocycles. The minimum atomic E-state index is 0. The Labute approximate surface area is 226 Å². The van der Waals surface area contributed by atoms with Crippen LogP contribution in [0.25, 0.3) is 10.8 Å². The van der Waals surface area contributed by atoms with E-state index in [0.717, 1.165) is 39.0 Å². The van der Waals surface area contributed by atoms with Crippen LogP contribution in [0.15, 0.2) is 41.4 Å². The molecule has 0 atom stereocenters. The smallest absolute Gasteiger partial charge is 0.136 e. The molecule has 7 heteroatoms. The molecule has 0 aliphatic carbocycles. The van der Waals surface area contributed by atoms with E-state index in [0.29, 0.717) is 0 Å². The number of benzene rings is 2. The molecule has 194 valence electrons. The van der Waals surface area contributed by atoms with E-state index in [1.165, 1.54) is 66.6 Å². The summed E-state index contributed by atoms with van der Waals surface area (Å²) in [6, 6.07) is 13.3. The second-order valence-corrected chi connectivity index (χ2v) is 9.10. The fraction of sp³-hybridized carbons (Fsp3) is 0.593. The minimum absolute atomic E-state index is 0. The highest BCUT2D eigenvalue weighted by Crippen LogP contribution is 2.37. The summed E-state index contributed by atoms with van der Waals surface area (Å²) in [4.78, 5) is 12.6. The lowest BCUT2D eigenvalue weighted by atomic mass is 10.1. The summed E-state index contributed by atoms with van der Waals surface area (Å²) < 4.78 is 0. The van der Waals surface area contributed by atoms with Crippen LogP contribution in [0.3, 0.4) is 0 Å². The Morgan fingerprint density at radius 2 is 1.38 bits per heavy atom. The number of aliphatic imine (C=N–C) groups is 1. The van der Waals surface area contributed by atoms with Gasteiger partial charge in [0.15, 0.2) is 0 Å². The van der Waals surface area contributed by atoms with Gasteiger partial charge in [-0.15, -0.1) is 37.2 Å². The molecule has 34 heavy (non-hydrogen) atoms. The number of hydrogen-bond donors (Lipinski definition) is 0. The topological polar surface area (TPSA) is 22.1 Å². The third-order valence-corrected chi connectivity index (χ3v) is 6.21. The van der Waals surface area contributed by atoms with Gasteiger partial charge in [-0.25, -0.2) is 0 Å². The second-order valence-electron chi connectivity index (χ2n) is 9.10. The van der Waals surface area contributed by atoms with Crippen LogP contribution in [0.5, 0.6) is 0 Å². The van der Waals surface area contributed by atoms with Gasteiger partial charge >= 0.3 is 0 Å². The van der Waals surface area contributed by atoms with Gasteiger partial charge in [-0.05, 0) is 77.4 Å². The Morgan fingerprint density at radius 1 is 0.765 bits per heavy atom. The highest BCUT2D eigenvalue weighted by molar-refractivity contribution is 6.27. The average Bonchev–Trinajstić information content (AvgIpc) is 3.07. The Balaban J connectivity index is 0.00000363. The fourth-order valence-corrected chi connectivity index (χ4v) is 4.51. The molecule has 0 bridgehead atoms. The zero-order valence-corrected chi connectivity index (χ0v) is 23.9. The van der Waals surface area contributed by atoms with Crippen molar-refractivity contribution in [2.24, 2.45) is 4.99 Å². The molecule has 0 radical (unpaired) electrons. The summed E-state index contributed by atoms with van der Waals surface area (Å²) in [5, 5.41) is 2.70. The zero-order valence-electron chi connectivity index (χ0n) is 21.5. The summed E-state index contributed by atoms with van der Waals surface area (Å²) in [6.07, 6.45) is 7.42. The van der Waals surface area contributed by atoms with Crippen LogP contribution in [-0.4, -0.2) is 69.0 Å². The number of rotatable bonds is 14. The maximum absolute atomic E-state index is 5.18. The Hall–Kier alpha value is -1.04. The van der Waals surface area contributed by atoms with Crippen molar-refractivity contribution in [3.63, 3.8) is 0 Å². The SMILES string of the molecule is CCCCN(CCCC)CCC/N=C1/c2cccc3cccc(c23)N1CCCN(C)C.Cl.Cl.Cl. The van der Waals surface area contributed by atoms with E-state index in [1.54, 1.807) is 0 Å². The fourth-order valence-electron chi connectivity index (χ4n) is 4.51. The summed E-state index contributed by atoms with van der Waals surface area (Å²) in [6.45, 7) is 11.2. The summed E-state index contributed by atoms with van der Waals surface area (Å²) in [5.74, 6) is 1.18. The highest BCUT2D eigenvalue weighted by atomic mass is 35.5. The first-order valence-electron chi connectivity index (χ1n) is 12.4. The Kier molecular flexibility index (Phi) is 16.9. The molecule has 0 saturated heterocycles. The van der Waals surface area contributed by atoms with Gasteiger partial charge in [-0.1, -0.05) is 57.0 Å². The normalized spacial score (nSPS) is 13.4. The summed E-state index contributed by atoms with van der Waals surface area (Å²) in [5.41, 5.74) is 2.64. The first-order valence-corrected chi connectivity index (χ1v) is 12.4. The van der Waals surface area contributed by atoms with E-state index >= 15 is 0 Å². The van der Waals surface area contributed by atoms with Crippen LogP contribution in [0.1, 0.15) is 57.9 Å². The van der Waals surface area contributed by atoms with Crippen molar-refractivity contribution in [2.75, 3.05) is 58.3 Å². The second kappa shape index (κ2) is 17.4. The van der Waals surface area contributed by atoms with Gasteiger partial charge in [-0.2, -0.15) is 0 Å². The molecule has 2 aromatic rings. The lowest BCUT2D eigenvalue weighted by Crippen LogP contribution is -2.31. The molecule has 0 aromatic heterocycles. The molecular formula is C27H45Cl3N4. The van der Waals surface area contributed by atoms with E-state index < -0.39 is 0 Å². The van der Waals surface area contributed by atoms with Crippen molar-refractivity contribution in [1.29, 1.82) is 0 Å². The summed E-state index contributed by atoms with van der Waals surface area (Å²) >= 11 is 0. The largest absolute Gasteiger partial charge is 0.326 e. The predicted octanol–water partition coefficient (Wildman–Crippen LogP) is 6.92. The van der Waals surface area contributed by atoms with Crippen molar-refractivity contribution in [1.82, 2.24) is 9.80 Å². The Bertz CT molecular complexity index is 844. The summed E-state index contributed by atoms with van der Waals surface area (Å²) in [7, 11) is 4.30. The molecule has 1 aliphatic heterocycles. The maximum Gasteiger partial charge on any atom is 0.136 e. The molecule has 4 nitrogen and oxygen atoms in total. The third kappa shape index (κ3) is 8.87. The first-order chi connectivity index (χ1) is 15.2. The van der Waals surface area contributed by atoms with Gasteiger partial charge < -0.3 is 14.7 Å². The number of nitrogens with zero attached hydrogens (tertiary/aromatic N) is 4. The van der Waals surface area contributed by atoms with Gasteiger partial charge in [0.2, 0.25) is 0 Å². The molecule has 0 fully saturated rings. The zero-order chi connectivity index (χ0) is 22.1. The highest BCUT2D eigenvalue weighted by Gasteiger charge is 2.27. The molecule has 3 rings (SSSR count). The molecule has 0 N–H and O–H groups in total.